The highest BCUT2D eigenvalue weighted by Gasteiger charge is 2.02. The molecule has 1 aromatic rings. The van der Waals surface area contributed by atoms with E-state index in [0.29, 0.717) is 25.3 Å². The van der Waals surface area contributed by atoms with Gasteiger partial charge in [0.2, 0.25) is 0 Å². The molecule has 74 valence electrons. The Balaban J connectivity index is 2.91. The van der Waals surface area contributed by atoms with Crippen molar-refractivity contribution in [3.63, 3.8) is 0 Å². The zero-order chi connectivity index (χ0) is 10.4. The Bertz CT molecular complexity index is 390. The molecule has 0 bridgehead atoms. The smallest absolute Gasteiger partial charge is 0.292 e. The van der Waals surface area contributed by atoms with E-state index in [-0.39, 0.29) is 5.56 Å². The fourth-order valence-electron chi connectivity index (χ4n) is 1.13. The summed E-state index contributed by atoms with van der Waals surface area (Å²) >= 11 is 0. The van der Waals surface area contributed by atoms with Crippen molar-refractivity contribution in [2.24, 2.45) is 0 Å². The first-order valence-corrected chi connectivity index (χ1v) is 4.48. The first-order chi connectivity index (χ1) is 6.79. The van der Waals surface area contributed by atoms with Gasteiger partial charge in [0.25, 0.3) is 5.56 Å². The second-order valence-electron chi connectivity index (χ2n) is 2.71. The summed E-state index contributed by atoms with van der Waals surface area (Å²) in [7, 11) is 0. The third-order valence-corrected chi connectivity index (χ3v) is 1.75. The zero-order valence-electron chi connectivity index (χ0n) is 8.06. The van der Waals surface area contributed by atoms with Crippen LogP contribution in [0.1, 0.15) is 13.3 Å². The van der Waals surface area contributed by atoms with Crippen molar-refractivity contribution in [1.29, 1.82) is 5.26 Å². The first kappa shape index (κ1) is 10.3. The maximum atomic E-state index is 11.6. The average Bonchev–Trinajstić information content (AvgIpc) is 2.20. The lowest BCUT2D eigenvalue weighted by Crippen LogP contribution is -2.21. The van der Waals surface area contributed by atoms with E-state index in [2.05, 4.69) is 0 Å². The molecular formula is C10H12N2O2. The quantitative estimate of drug-likeness (QED) is 0.719. The molecule has 1 heterocycles. The van der Waals surface area contributed by atoms with E-state index in [1.807, 2.05) is 13.0 Å². The van der Waals surface area contributed by atoms with Crippen LogP contribution in [0.5, 0.6) is 5.75 Å². The molecular weight excluding hydrogens is 180 g/mol. The average molecular weight is 192 g/mol. The van der Waals surface area contributed by atoms with Crippen molar-refractivity contribution < 1.29 is 4.74 Å². The molecule has 1 rings (SSSR count). The van der Waals surface area contributed by atoms with E-state index in [0.717, 1.165) is 0 Å². The second kappa shape index (κ2) is 5.07. The van der Waals surface area contributed by atoms with Gasteiger partial charge < -0.3 is 9.30 Å². The number of ether oxygens (including phenoxy) is 1. The first-order valence-electron chi connectivity index (χ1n) is 4.48. The standard InChI is InChI=1S/C10H12N2O2/c1-2-14-9-5-3-7-12(10(9)13)8-4-6-11/h3,5,7H,2,4,8H2,1H3. The SMILES string of the molecule is CCOc1cccn(CCC#N)c1=O. The number of nitrogens with zero attached hydrogens (tertiary/aromatic N) is 2. The molecule has 0 aliphatic heterocycles. The van der Waals surface area contributed by atoms with E-state index in [9.17, 15) is 4.79 Å². The van der Waals surface area contributed by atoms with Gasteiger partial charge >= 0.3 is 0 Å². The van der Waals surface area contributed by atoms with Crippen LogP contribution in [0.4, 0.5) is 0 Å². The van der Waals surface area contributed by atoms with Gasteiger partial charge in [0, 0.05) is 12.7 Å². The molecule has 0 unspecified atom stereocenters. The van der Waals surface area contributed by atoms with Gasteiger partial charge in [-0.2, -0.15) is 5.26 Å². The van der Waals surface area contributed by atoms with E-state index < -0.39 is 0 Å². The van der Waals surface area contributed by atoms with Crippen LogP contribution in [0.2, 0.25) is 0 Å². The summed E-state index contributed by atoms with van der Waals surface area (Å²) in [5.74, 6) is 0.341. The number of aromatic nitrogens is 1. The third-order valence-electron chi connectivity index (χ3n) is 1.75. The Morgan fingerprint density at radius 1 is 1.64 bits per heavy atom. The van der Waals surface area contributed by atoms with Gasteiger partial charge in [-0.1, -0.05) is 0 Å². The molecule has 0 radical (unpaired) electrons. The Morgan fingerprint density at radius 3 is 3.07 bits per heavy atom. The van der Waals surface area contributed by atoms with Crippen LogP contribution in [0.3, 0.4) is 0 Å². The van der Waals surface area contributed by atoms with Gasteiger partial charge in [-0.25, -0.2) is 0 Å². The lowest BCUT2D eigenvalue weighted by molar-refractivity contribution is 0.332. The largest absolute Gasteiger partial charge is 0.488 e. The minimum atomic E-state index is -0.176. The molecule has 0 saturated heterocycles. The molecule has 0 amide bonds. The van der Waals surface area contributed by atoms with E-state index >= 15 is 0 Å². The zero-order valence-corrected chi connectivity index (χ0v) is 8.06. The summed E-state index contributed by atoms with van der Waals surface area (Å²) in [6, 6.07) is 5.37. The van der Waals surface area contributed by atoms with Crippen molar-refractivity contribution >= 4 is 0 Å². The molecule has 14 heavy (non-hydrogen) atoms. The minimum Gasteiger partial charge on any atom is -0.488 e. The molecule has 0 aromatic carbocycles. The Kier molecular flexibility index (Phi) is 3.74. The third kappa shape index (κ3) is 2.36. The summed E-state index contributed by atoms with van der Waals surface area (Å²) < 4.78 is 6.62. The maximum absolute atomic E-state index is 11.6. The fourth-order valence-corrected chi connectivity index (χ4v) is 1.13. The predicted molar refractivity (Wildman–Crippen MR) is 52.1 cm³/mol. The van der Waals surface area contributed by atoms with Crippen LogP contribution in [0.15, 0.2) is 23.1 Å². The highest BCUT2D eigenvalue weighted by molar-refractivity contribution is 5.17. The van der Waals surface area contributed by atoms with Gasteiger partial charge in [0.05, 0.1) is 19.1 Å². The van der Waals surface area contributed by atoms with Crippen molar-refractivity contribution in [3.8, 4) is 11.8 Å². The molecule has 0 aliphatic rings. The topological polar surface area (TPSA) is 55.0 Å². The highest BCUT2D eigenvalue weighted by Crippen LogP contribution is 2.01. The summed E-state index contributed by atoms with van der Waals surface area (Å²) in [5, 5.41) is 8.39. The molecule has 0 saturated carbocycles. The van der Waals surface area contributed by atoms with Crippen molar-refractivity contribution in [2.45, 2.75) is 19.9 Å². The normalized spacial score (nSPS) is 9.43. The van der Waals surface area contributed by atoms with Gasteiger partial charge in [0.1, 0.15) is 0 Å². The molecule has 0 spiro atoms. The number of nitriles is 1. The predicted octanol–water partition coefficient (Wildman–Crippen LogP) is 1.16. The van der Waals surface area contributed by atoms with Crippen LogP contribution in [-0.4, -0.2) is 11.2 Å². The Morgan fingerprint density at radius 2 is 2.43 bits per heavy atom. The molecule has 0 atom stereocenters. The highest BCUT2D eigenvalue weighted by atomic mass is 16.5. The number of aryl methyl sites for hydroxylation is 1. The maximum Gasteiger partial charge on any atom is 0.292 e. The summed E-state index contributed by atoms with van der Waals surface area (Å²) in [4.78, 5) is 11.6. The second-order valence-corrected chi connectivity index (χ2v) is 2.71. The van der Waals surface area contributed by atoms with Crippen LogP contribution in [-0.2, 0) is 6.54 Å². The molecule has 0 aliphatic carbocycles. The van der Waals surface area contributed by atoms with Crippen LogP contribution >= 0.6 is 0 Å². The molecule has 0 N–H and O–H groups in total. The summed E-state index contributed by atoms with van der Waals surface area (Å²) in [6.45, 7) is 2.71. The van der Waals surface area contributed by atoms with Crippen LogP contribution in [0, 0.1) is 11.3 Å². The number of pyridine rings is 1. The van der Waals surface area contributed by atoms with Gasteiger partial charge in [-0.15, -0.1) is 0 Å². The Labute approximate surface area is 82.4 Å². The van der Waals surface area contributed by atoms with Crippen molar-refractivity contribution in [1.82, 2.24) is 4.57 Å². The fraction of sp³-hybridized carbons (Fsp3) is 0.400. The lowest BCUT2D eigenvalue weighted by Gasteiger charge is -2.05. The number of hydrogen-bond donors (Lipinski definition) is 0. The van der Waals surface area contributed by atoms with Gasteiger partial charge in [-0.3, -0.25) is 4.79 Å². The monoisotopic (exact) mass is 192 g/mol. The van der Waals surface area contributed by atoms with E-state index in [1.54, 1.807) is 18.3 Å². The minimum absolute atomic E-state index is 0.176. The van der Waals surface area contributed by atoms with E-state index in [1.165, 1.54) is 4.57 Å². The number of rotatable bonds is 4. The van der Waals surface area contributed by atoms with Crippen LogP contribution in [0.25, 0.3) is 0 Å². The molecule has 0 fully saturated rings. The van der Waals surface area contributed by atoms with Crippen LogP contribution < -0.4 is 10.3 Å². The Hall–Kier alpha value is -1.76. The van der Waals surface area contributed by atoms with Crippen molar-refractivity contribution in [3.05, 3.63) is 28.7 Å². The van der Waals surface area contributed by atoms with Gasteiger partial charge in [-0.05, 0) is 19.1 Å². The molecule has 1 aromatic heterocycles. The number of hydrogen-bond acceptors (Lipinski definition) is 3. The van der Waals surface area contributed by atoms with E-state index in [4.69, 9.17) is 10.00 Å². The summed E-state index contributed by atoms with van der Waals surface area (Å²) in [6.07, 6.45) is 1.98. The summed E-state index contributed by atoms with van der Waals surface area (Å²) in [5.41, 5.74) is -0.176. The van der Waals surface area contributed by atoms with Gasteiger partial charge in [0.15, 0.2) is 5.75 Å². The lowest BCUT2D eigenvalue weighted by atomic mass is 10.4. The molecule has 4 nitrogen and oxygen atoms in total. The molecule has 4 heteroatoms. The van der Waals surface area contributed by atoms with Crippen molar-refractivity contribution in [2.75, 3.05) is 6.61 Å².